The van der Waals surface area contributed by atoms with Gasteiger partial charge in [0.1, 0.15) is 0 Å². The van der Waals surface area contributed by atoms with E-state index in [1.165, 1.54) is 4.31 Å². The second kappa shape index (κ2) is 8.47. The monoisotopic (exact) mass is 264 g/mol. The molecule has 0 aliphatic heterocycles. The molecule has 0 aliphatic rings. The maximum atomic E-state index is 11.5. The molecule has 1 amide bonds. The maximum absolute atomic E-state index is 11.5. The van der Waals surface area contributed by atoms with Gasteiger partial charge in [0.05, 0.1) is 12.8 Å². The molecule has 0 spiro atoms. The first kappa shape index (κ1) is 16.4. The number of carbonyl (C=O) groups is 1. The van der Waals surface area contributed by atoms with E-state index in [0.717, 1.165) is 31.9 Å². The van der Waals surface area contributed by atoms with Crippen molar-refractivity contribution in [3.8, 4) is 0 Å². The Morgan fingerprint density at radius 3 is 2.29 bits per heavy atom. The van der Waals surface area contributed by atoms with Crippen LogP contribution >= 0.6 is 0 Å². The van der Waals surface area contributed by atoms with Crippen LogP contribution in [0.2, 0.25) is 0 Å². The molecule has 102 valence electrons. The smallest absolute Gasteiger partial charge is 0.235 e. The van der Waals surface area contributed by atoms with Crippen molar-refractivity contribution in [1.82, 2.24) is 9.62 Å². The lowest BCUT2D eigenvalue weighted by molar-refractivity contribution is -0.121. The van der Waals surface area contributed by atoms with Crippen molar-refractivity contribution in [2.24, 2.45) is 0 Å². The standard InChI is InChI=1S/C11H24N2O3S/c1-4-6-7-9-13(17(3,15)16)10-11(14)12-8-5-2/h4-10H2,1-3H3,(H,12,14). The zero-order valence-corrected chi connectivity index (χ0v) is 11.8. The van der Waals surface area contributed by atoms with Crippen LogP contribution in [0.4, 0.5) is 0 Å². The number of hydrogen-bond donors (Lipinski definition) is 1. The molecule has 0 aliphatic carbocycles. The van der Waals surface area contributed by atoms with Crippen LogP contribution in [0.1, 0.15) is 39.5 Å². The van der Waals surface area contributed by atoms with E-state index in [0.29, 0.717) is 13.1 Å². The van der Waals surface area contributed by atoms with Crippen LogP contribution in [0, 0.1) is 0 Å². The first-order valence-electron chi connectivity index (χ1n) is 6.13. The summed E-state index contributed by atoms with van der Waals surface area (Å²) >= 11 is 0. The highest BCUT2D eigenvalue weighted by molar-refractivity contribution is 7.88. The van der Waals surface area contributed by atoms with Crippen LogP contribution in [0.3, 0.4) is 0 Å². The van der Waals surface area contributed by atoms with Gasteiger partial charge in [0.25, 0.3) is 0 Å². The van der Waals surface area contributed by atoms with E-state index in [1.54, 1.807) is 0 Å². The number of rotatable bonds is 9. The lowest BCUT2D eigenvalue weighted by Crippen LogP contribution is -2.40. The van der Waals surface area contributed by atoms with E-state index >= 15 is 0 Å². The normalized spacial score (nSPS) is 11.8. The van der Waals surface area contributed by atoms with Crippen molar-refractivity contribution in [1.29, 1.82) is 0 Å². The van der Waals surface area contributed by atoms with Crippen molar-refractivity contribution in [3.63, 3.8) is 0 Å². The minimum Gasteiger partial charge on any atom is -0.355 e. The summed E-state index contributed by atoms with van der Waals surface area (Å²) in [6.07, 6.45) is 4.79. The second-order valence-electron chi connectivity index (χ2n) is 4.15. The SMILES string of the molecule is CCCCCN(CC(=O)NCCC)S(C)(=O)=O. The highest BCUT2D eigenvalue weighted by Crippen LogP contribution is 2.03. The Morgan fingerprint density at radius 1 is 1.18 bits per heavy atom. The molecule has 0 unspecified atom stereocenters. The third-order valence-electron chi connectivity index (χ3n) is 2.37. The predicted octanol–water partition coefficient (Wildman–Crippen LogP) is 0.964. The summed E-state index contributed by atoms with van der Waals surface area (Å²) in [5.41, 5.74) is 0. The van der Waals surface area contributed by atoms with Crippen LogP contribution in [-0.4, -0.2) is 44.5 Å². The Balaban J connectivity index is 4.25. The third kappa shape index (κ3) is 8.15. The van der Waals surface area contributed by atoms with Crippen molar-refractivity contribution >= 4 is 15.9 Å². The molecule has 0 atom stereocenters. The van der Waals surface area contributed by atoms with E-state index < -0.39 is 10.0 Å². The average Bonchev–Trinajstić information content (AvgIpc) is 2.24. The summed E-state index contributed by atoms with van der Waals surface area (Å²) in [5.74, 6) is -0.228. The molecule has 5 nitrogen and oxygen atoms in total. The van der Waals surface area contributed by atoms with E-state index in [-0.39, 0.29) is 12.5 Å². The topological polar surface area (TPSA) is 66.5 Å². The van der Waals surface area contributed by atoms with Crippen molar-refractivity contribution in [2.45, 2.75) is 39.5 Å². The van der Waals surface area contributed by atoms with Gasteiger partial charge < -0.3 is 5.32 Å². The molecule has 1 N–H and O–H groups in total. The fourth-order valence-corrected chi connectivity index (χ4v) is 2.19. The summed E-state index contributed by atoms with van der Waals surface area (Å²) in [7, 11) is -3.29. The number of amides is 1. The molecular weight excluding hydrogens is 240 g/mol. The molecule has 0 heterocycles. The molecule has 0 rings (SSSR count). The highest BCUT2D eigenvalue weighted by Gasteiger charge is 2.18. The Kier molecular flexibility index (Phi) is 8.16. The average molecular weight is 264 g/mol. The van der Waals surface area contributed by atoms with Gasteiger partial charge >= 0.3 is 0 Å². The molecule has 0 saturated heterocycles. The van der Waals surface area contributed by atoms with Gasteiger partial charge in [-0.2, -0.15) is 4.31 Å². The second-order valence-corrected chi connectivity index (χ2v) is 6.14. The van der Waals surface area contributed by atoms with E-state index in [2.05, 4.69) is 12.2 Å². The third-order valence-corrected chi connectivity index (χ3v) is 3.62. The number of unbranched alkanes of at least 4 members (excludes halogenated alkanes) is 2. The molecule has 0 radical (unpaired) electrons. The number of hydrogen-bond acceptors (Lipinski definition) is 3. The maximum Gasteiger partial charge on any atom is 0.235 e. The van der Waals surface area contributed by atoms with E-state index in [1.807, 2.05) is 6.92 Å². The summed E-state index contributed by atoms with van der Waals surface area (Å²) < 4.78 is 24.2. The van der Waals surface area contributed by atoms with Gasteiger partial charge in [0.15, 0.2) is 0 Å². The number of nitrogens with zero attached hydrogens (tertiary/aromatic N) is 1. The van der Waals surface area contributed by atoms with Crippen molar-refractivity contribution < 1.29 is 13.2 Å². The fourth-order valence-electron chi connectivity index (χ4n) is 1.38. The summed E-state index contributed by atoms with van der Waals surface area (Å²) in [6.45, 7) is 4.95. The number of sulfonamides is 1. The first-order chi connectivity index (χ1) is 7.91. The van der Waals surface area contributed by atoms with Gasteiger partial charge in [-0.05, 0) is 12.8 Å². The highest BCUT2D eigenvalue weighted by atomic mass is 32.2. The summed E-state index contributed by atoms with van der Waals surface area (Å²) in [4.78, 5) is 11.5. The van der Waals surface area contributed by atoms with Crippen LogP contribution in [0.25, 0.3) is 0 Å². The van der Waals surface area contributed by atoms with Gasteiger partial charge in [-0.1, -0.05) is 26.7 Å². The molecule has 17 heavy (non-hydrogen) atoms. The number of carbonyl (C=O) groups excluding carboxylic acids is 1. The molecule has 0 fully saturated rings. The Hall–Kier alpha value is -0.620. The minimum absolute atomic E-state index is 0.0669. The lowest BCUT2D eigenvalue weighted by Gasteiger charge is -2.19. The molecular formula is C11H24N2O3S. The molecule has 0 saturated carbocycles. The largest absolute Gasteiger partial charge is 0.355 e. The van der Waals surface area contributed by atoms with E-state index in [9.17, 15) is 13.2 Å². The lowest BCUT2D eigenvalue weighted by atomic mass is 10.2. The zero-order chi connectivity index (χ0) is 13.3. The fraction of sp³-hybridized carbons (Fsp3) is 0.909. The molecule has 0 bridgehead atoms. The van der Waals surface area contributed by atoms with Crippen LogP contribution in [0.15, 0.2) is 0 Å². The van der Waals surface area contributed by atoms with Gasteiger partial charge in [0.2, 0.25) is 15.9 Å². The molecule has 0 aromatic carbocycles. The zero-order valence-electron chi connectivity index (χ0n) is 11.0. The van der Waals surface area contributed by atoms with Crippen LogP contribution < -0.4 is 5.32 Å². The van der Waals surface area contributed by atoms with Gasteiger partial charge in [0, 0.05) is 13.1 Å². The van der Waals surface area contributed by atoms with Gasteiger partial charge in [-0.15, -0.1) is 0 Å². The first-order valence-corrected chi connectivity index (χ1v) is 7.98. The number of nitrogens with one attached hydrogen (secondary N) is 1. The van der Waals surface area contributed by atoms with Crippen molar-refractivity contribution in [2.75, 3.05) is 25.9 Å². The molecule has 0 aromatic heterocycles. The predicted molar refractivity (Wildman–Crippen MR) is 69.2 cm³/mol. The van der Waals surface area contributed by atoms with E-state index in [4.69, 9.17) is 0 Å². The summed E-state index contributed by atoms with van der Waals surface area (Å²) in [6, 6.07) is 0. The minimum atomic E-state index is -3.29. The Morgan fingerprint density at radius 2 is 1.82 bits per heavy atom. The Bertz CT molecular complexity index is 315. The molecule has 6 heteroatoms. The Labute approximate surface area is 105 Å². The summed E-state index contributed by atoms with van der Waals surface area (Å²) in [5, 5.41) is 2.68. The van der Waals surface area contributed by atoms with Crippen LogP contribution in [-0.2, 0) is 14.8 Å². The van der Waals surface area contributed by atoms with Crippen LogP contribution in [0.5, 0.6) is 0 Å². The van der Waals surface area contributed by atoms with Gasteiger partial charge in [-0.25, -0.2) is 8.42 Å². The quantitative estimate of drug-likeness (QED) is 0.631. The van der Waals surface area contributed by atoms with Gasteiger partial charge in [-0.3, -0.25) is 4.79 Å². The molecule has 0 aromatic rings. The van der Waals surface area contributed by atoms with Crippen molar-refractivity contribution in [3.05, 3.63) is 0 Å².